The van der Waals surface area contributed by atoms with Gasteiger partial charge in [-0.15, -0.1) is 0 Å². The van der Waals surface area contributed by atoms with Crippen molar-refractivity contribution >= 4 is 23.8 Å². The SMILES string of the molecule is C=CC(=O)OCCC[SiH](OCC)OCC.COC1(OC)CCCC[Si]1(OC)OC. The first-order valence-electron chi connectivity index (χ1n) is 10.2. The second-order valence-electron chi connectivity index (χ2n) is 6.38. The number of hydrogen-bond donors (Lipinski definition) is 0. The monoisotopic (exact) mass is 452 g/mol. The number of hydrogen-bond acceptors (Lipinski definition) is 8. The minimum atomic E-state index is -2.35. The minimum Gasteiger partial charge on any atom is -0.463 e. The smallest absolute Gasteiger partial charge is 0.399 e. The molecule has 0 saturated carbocycles. The Balaban J connectivity index is 0.000000541. The molecule has 0 aliphatic carbocycles. The lowest BCUT2D eigenvalue weighted by atomic mass is 10.2. The molecule has 0 N–H and O–H groups in total. The molecule has 0 spiro atoms. The van der Waals surface area contributed by atoms with E-state index in [1.54, 1.807) is 28.4 Å². The normalized spacial score (nSPS) is 17.3. The van der Waals surface area contributed by atoms with E-state index in [2.05, 4.69) is 6.58 Å². The highest BCUT2D eigenvalue weighted by Gasteiger charge is 2.60. The Morgan fingerprint density at radius 3 is 2.07 bits per heavy atom. The highest BCUT2D eigenvalue weighted by atomic mass is 28.4. The average molecular weight is 453 g/mol. The van der Waals surface area contributed by atoms with Gasteiger partial charge in [0, 0.05) is 54.1 Å². The minimum absolute atomic E-state index is 0.374. The van der Waals surface area contributed by atoms with Crippen molar-refractivity contribution in [1.82, 2.24) is 0 Å². The molecule has 0 amide bonds. The van der Waals surface area contributed by atoms with E-state index in [0.717, 1.165) is 37.8 Å². The summed E-state index contributed by atoms with van der Waals surface area (Å²) in [5.41, 5.74) is -0.630. The summed E-state index contributed by atoms with van der Waals surface area (Å²) in [6.45, 7) is 9.01. The molecule has 172 valence electrons. The van der Waals surface area contributed by atoms with Crippen LogP contribution in [0.2, 0.25) is 12.1 Å². The van der Waals surface area contributed by atoms with Crippen LogP contribution < -0.4 is 0 Å². The van der Waals surface area contributed by atoms with Gasteiger partial charge in [-0.2, -0.15) is 0 Å². The van der Waals surface area contributed by atoms with Gasteiger partial charge in [0.15, 0.2) is 0 Å². The van der Waals surface area contributed by atoms with Crippen LogP contribution in [0, 0.1) is 0 Å². The van der Waals surface area contributed by atoms with Gasteiger partial charge in [0.25, 0.3) is 0 Å². The van der Waals surface area contributed by atoms with E-state index in [1.807, 2.05) is 13.8 Å². The molecule has 0 radical (unpaired) electrons. The van der Waals surface area contributed by atoms with Crippen LogP contribution in [0.3, 0.4) is 0 Å². The number of carbonyl (C=O) groups excluding carboxylic acids is 1. The average Bonchev–Trinajstić information content (AvgIpc) is 2.76. The molecule has 1 fully saturated rings. The summed E-state index contributed by atoms with van der Waals surface area (Å²) in [6, 6.07) is 1.80. The van der Waals surface area contributed by atoms with Crippen molar-refractivity contribution in [3.8, 4) is 0 Å². The topological polar surface area (TPSA) is 81.7 Å². The highest BCUT2D eigenvalue weighted by molar-refractivity contribution is 6.70. The standard InChI is InChI=1S/C10H20O4Si.C9H20O4Si/c1-4-10(11)12-8-7-9-15(13-5-2)14-6-3;1-10-9(11-2)7-5-6-8-14(9,12-3)13-4/h4,15H,1,5-9H2,2-3H3;5-8H2,1-4H3. The van der Waals surface area contributed by atoms with Crippen molar-refractivity contribution in [2.45, 2.75) is 57.0 Å². The zero-order chi connectivity index (χ0) is 22.2. The van der Waals surface area contributed by atoms with Crippen molar-refractivity contribution in [2.75, 3.05) is 48.3 Å². The van der Waals surface area contributed by atoms with E-state index in [1.165, 1.54) is 6.08 Å². The van der Waals surface area contributed by atoms with Crippen molar-refractivity contribution in [3.05, 3.63) is 12.7 Å². The quantitative estimate of drug-likeness (QED) is 0.139. The van der Waals surface area contributed by atoms with Gasteiger partial charge in [0.2, 0.25) is 5.41 Å². The van der Waals surface area contributed by atoms with Gasteiger partial charge in [0.1, 0.15) is 0 Å². The summed E-state index contributed by atoms with van der Waals surface area (Å²) in [6.07, 6.45) is 5.04. The van der Waals surface area contributed by atoms with Gasteiger partial charge in [-0.25, -0.2) is 4.79 Å². The molecule has 0 unspecified atom stereocenters. The fraction of sp³-hybridized carbons (Fsp3) is 0.842. The Hall–Kier alpha value is -0.596. The van der Waals surface area contributed by atoms with Crippen molar-refractivity contribution < 1.29 is 36.7 Å². The molecular weight excluding hydrogens is 412 g/mol. The summed E-state index contributed by atoms with van der Waals surface area (Å²) in [4.78, 5) is 10.7. The Bertz CT molecular complexity index is 416. The number of esters is 1. The first-order valence-corrected chi connectivity index (χ1v) is 14.0. The van der Waals surface area contributed by atoms with Gasteiger partial charge in [-0.05, 0) is 38.8 Å². The third kappa shape index (κ3) is 8.97. The van der Waals surface area contributed by atoms with Crippen LogP contribution >= 0.6 is 0 Å². The predicted molar refractivity (Wildman–Crippen MR) is 116 cm³/mol. The Labute approximate surface area is 178 Å². The Morgan fingerprint density at radius 2 is 1.66 bits per heavy atom. The van der Waals surface area contributed by atoms with Gasteiger partial charge in [-0.3, -0.25) is 0 Å². The Morgan fingerprint density at radius 1 is 1.07 bits per heavy atom. The first-order chi connectivity index (χ1) is 13.9. The molecule has 29 heavy (non-hydrogen) atoms. The zero-order valence-corrected chi connectivity index (χ0v) is 21.1. The van der Waals surface area contributed by atoms with Crippen molar-refractivity contribution in [3.63, 3.8) is 0 Å². The Kier molecular flexibility index (Phi) is 15.8. The van der Waals surface area contributed by atoms with Gasteiger partial charge in [-0.1, -0.05) is 13.0 Å². The molecule has 0 atom stereocenters. The maximum absolute atomic E-state index is 10.7. The van der Waals surface area contributed by atoms with Crippen LogP contribution in [0.4, 0.5) is 0 Å². The maximum Gasteiger partial charge on any atom is 0.399 e. The van der Waals surface area contributed by atoms with Crippen LogP contribution in [0.5, 0.6) is 0 Å². The second-order valence-corrected chi connectivity index (χ2v) is 12.1. The molecule has 0 aromatic carbocycles. The molecule has 1 aliphatic rings. The molecule has 8 nitrogen and oxygen atoms in total. The molecule has 0 aromatic rings. The van der Waals surface area contributed by atoms with Crippen LogP contribution in [-0.2, 0) is 36.7 Å². The summed E-state index contributed by atoms with van der Waals surface area (Å²) >= 11 is 0. The molecule has 10 heteroatoms. The van der Waals surface area contributed by atoms with E-state index in [4.69, 9.17) is 31.9 Å². The number of carbonyl (C=O) groups is 1. The molecule has 1 heterocycles. The summed E-state index contributed by atoms with van der Waals surface area (Å²) in [7, 11) is 2.82. The fourth-order valence-electron chi connectivity index (χ4n) is 3.36. The largest absolute Gasteiger partial charge is 0.463 e. The molecular formula is C19H40O8Si2. The molecule has 0 bridgehead atoms. The van der Waals surface area contributed by atoms with E-state index in [9.17, 15) is 4.79 Å². The lowest BCUT2D eigenvalue weighted by molar-refractivity contribution is -0.183. The van der Waals surface area contributed by atoms with Crippen molar-refractivity contribution in [2.24, 2.45) is 0 Å². The third-order valence-electron chi connectivity index (χ3n) is 4.86. The third-order valence-corrected chi connectivity index (χ3v) is 11.3. The number of rotatable bonds is 13. The van der Waals surface area contributed by atoms with Crippen LogP contribution in [-0.4, -0.2) is 77.5 Å². The predicted octanol–water partition coefficient (Wildman–Crippen LogP) is 2.83. The van der Waals surface area contributed by atoms with E-state index in [0.29, 0.717) is 19.8 Å². The number of methoxy groups -OCH3 is 2. The molecule has 1 saturated heterocycles. The zero-order valence-electron chi connectivity index (χ0n) is 19.0. The van der Waals surface area contributed by atoms with Gasteiger partial charge in [0.05, 0.1) is 6.61 Å². The van der Waals surface area contributed by atoms with Gasteiger partial charge >= 0.3 is 23.8 Å². The molecule has 1 aliphatic heterocycles. The summed E-state index contributed by atoms with van der Waals surface area (Å²) in [5.74, 6) is -0.374. The van der Waals surface area contributed by atoms with E-state index >= 15 is 0 Å². The van der Waals surface area contributed by atoms with Crippen LogP contribution in [0.15, 0.2) is 12.7 Å². The lowest BCUT2D eigenvalue weighted by Crippen LogP contribution is -2.65. The summed E-state index contributed by atoms with van der Waals surface area (Å²) in [5, 5.41) is 0. The van der Waals surface area contributed by atoms with Crippen LogP contribution in [0.25, 0.3) is 0 Å². The first kappa shape index (κ1) is 28.4. The molecule has 0 aromatic heterocycles. The van der Waals surface area contributed by atoms with E-state index < -0.39 is 23.3 Å². The summed E-state index contributed by atoms with van der Waals surface area (Å²) < 4.78 is 38.0. The van der Waals surface area contributed by atoms with Crippen LogP contribution in [0.1, 0.15) is 39.5 Å². The van der Waals surface area contributed by atoms with Crippen molar-refractivity contribution in [1.29, 1.82) is 0 Å². The lowest BCUT2D eigenvalue weighted by Gasteiger charge is -2.46. The van der Waals surface area contributed by atoms with E-state index in [-0.39, 0.29) is 5.97 Å². The maximum atomic E-state index is 10.7. The number of ether oxygens (including phenoxy) is 3. The highest BCUT2D eigenvalue weighted by Crippen LogP contribution is 2.40. The molecule has 1 rings (SSSR count). The second kappa shape index (κ2) is 16.1. The van der Waals surface area contributed by atoms with Gasteiger partial charge < -0.3 is 31.9 Å². The fourth-order valence-corrected chi connectivity index (χ4v) is 8.51.